The molecular weight excluding hydrogens is 269 g/mol. The maximum absolute atomic E-state index is 13.7. The van der Waals surface area contributed by atoms with Crippen LogP contribution >= 0.6 is 0 Å². The molecule has 2 N–H and O–H groups in total. The Balaban J connectivity index is 1.75. The van der Waals surface area contributed by atoms with Gasteiger partial charge in [0.15, 0.2) is 0 Å². The quantitative estimate of drug-likeness (QED) is 0.902. The van der Waals surface area contributed by atoms with E-state index in [1.807, 2.05) is 6.07 Å². The van der Waals surface area contributed by atoms with Crippen molar-refractivity contribution in [2.45, 2.75) is 25.8 Å². The van der Waals surface area contributed by atoms with E-state index in [0.717, 1.165) is 18.5 Å². The molecule has 1 aliphatic carbocycles. The molecule has 4 heteroatoms. The van der Waals surface area contributed by atoms with Crippen molar-refractivity contribution in [2.24, 2.45) is 0 Å². The Kier molecular flexibility index (Phi) is 3.60. The van der Waals surface area contributed by atoms with E-state index in [1.165, 1.54) is 35.7 Å². The van der Waals surface area contributed by atoms with E-state index in [2.05, 4.69) is 17.4 Å². The summed E-state index contributed by atoms with van der Waals surface area (Å²) in [7, 11) is 0. The average Bonchev–Trinajstić information content (AvgIpc) is 2.93. The summed E-state index contributed by atoms with van der Waals surface area (Å²) in [5.41, 5.74) is 4.13. The lowest BCUT2D eigenvalue weighted by molar-refractivity contribution is 0.0696. The number of anilines is 1. The molecule has 108 valence electrons. The molecule has 1 aliphatic rings. The van der Waals surface area contributed by atoms with Crippen molar-refractivity contribution in [3.8, 4) is 0 Å². The SMILES string of the molecule is O=C(O)c1ccc(F)c(CNc2ccc3c(c2)CCC3)c1. The number of aromatic carboxylic acids is 1. The number of halogens is 1. The number of carbonyl (C=O) groups is 1. The summed E-state index contributed by atoms with van der Waals surface area (Å²) in [6.07, 6.45) is 3.41. The summed E-state index contributed by atoms with van der Waals surface area (Å²) in [6.45, 7) is 0.270. The Morgan fingerprint density at radius 3 is 2.76 bits per heavy atom. The minimum Gasteiger partial charge on any atom is -0.478 e. The minimum absolute atomic E-state index is 0.0992. The van der Waals surface area contributed by atoms with Crippen LogP contribution in [0.3, 0.4) is 0 Å². The second kappa shape index (κ2) is 5.56. The van der Waals surface area contributed by atoms with Crippen LogP contribution in [0.4, 0.5) is 10.1 Å². The number of aryl methyl sites for hydroxylation is 2. The van der Waals surface area contributed by atoms with Gasteiger partial charge in [0, 0.05) is 17.8 Å². The predicted molar refractivity (Wildman–Crippen MR) is 79.2 cm³/mol. The Labute approximate surface area is 122 Å². The summed E-state index contributed by atoms with van der Waals surface area (Å²) < 4.78 is 13.7. The first-order valence-corrected chi connectivity index (χ1v) is 7.01. The minimum atomic E-state index is -1.05. The Hall–Kier alpha value is -2.36. The van der Waals surface area contributed by atoms with Crippen molar-refractivity contribution in [1.82, 2.24) is 0 Å². The maximum atomic E-state index is 13.7. The van der Waals surface area contributed by atoms with Crippen molar-refractivity contribution in [2.75, 3.05) is 5.32 Å². The third kappa shape index (κ3) is 2.89. The molecule has 0 aromatic heterocycles. The predicted octanol–water partition coefficient (Wildman–Crippen LogP) is 3.62. The highest BCUT2D eigenvalue weighted by Gasteiger charge is 2.11. The van der Waals surface area contributed by atoms with Crippen LogP contribution in [0.2, 0.25) is 0 Å². The molecule has 0 radical (unpaired) electrons. The fourth-order valence-corrected chi connectivity index (χ4v) is 2.72. The van der Waals surface area contributed by atoms with Gasteiger partial charge in [0.2, 0.25) is 0 Å². The van der Waals surface area contributed by atoms with Gasteiger partial charge in [-0.2, -0.15) is 0 Å². The molecule has 0 bridgehead atoms. The number of fused-ring (bicyclic) bond motifs is 1. The smallest absolute Gasteiger partial charge is 0.335 e. The molecular formula is C17H16FNO2. The van der Waals surface area contributed by atoms with Gasteiger partial charge in [-0.15, -0.1) is 0 Å². The molecule has 21 heavy (non-hydrogen) atoms. The zero-order valence-electron chi connectivity index (χ0n) is 11.5. The highest BCUT2D eigenvalue weighted by Crippen LogP contribution is 2.25. The van der Waals surface area contributed by atoms with Gasteiger partial charge in [-0.3, -0.25) is 0 Å². The molecule has 0 fully saturated rings. The third-order valence-corrected chi connectivity index (χ3v) is 3.87. The molecule has 0 amide bonds. The van der Waals surface area contributed by atoms with Crippen molar-refractivity contribution in [1.29, 1.82) is 0 Å². The van der Waals surface area contributed by atoms with E-state index < -0.39 is 11.8 Å². The van der Waals surface area contributed by atoms with Gasteiger partial charge in [-0.25, -0.2) is 9.18 Å². The van der Waals surface area contributed by atoms with E-state index in [0.29, 0.717) is 5.56 Å². The highest BCUT2D eigenvalue weighted by molar-refractivity contribution is 5.87. The summed E-state index contributed by atoms with van der Waals surface area (Å²) in [6, 6.07) is 10.0. The van der Waals surface area contributed by atoms with Gasteiger partial charge in [0.05, 0.1) is 5.56 Å². The van der Waals surface area contributed by atoms with Crippen LogP contribution in [0.25, 0.3) is 0 Å². The summed E-state index contributed by atoms with van der Waals surface area (Å²) >= 11 is 0. The van der Waals surface area contributed by atoms with Gasteiger partial charge in [-0.05, 0) is 60.7 Å². The van der Waals surface area contributed by atoms with E-state index in [1.54, 1.807) is 0 Å². The second-order valence-corrected chi connectivity index (χ2v) is 5.30. The van der Waals surface area contributed by atoms with Crippen LogP contribution in [0.1, 0.15) is 33.5 Å². The van der Waals surface area contributed by atoms with E-state index >= 15 is 0 Å². The summed E-state index contributed by atoms with van der Waals surface area (Å²) in [5, 5.41) is 12.1. The molecule has 0 aliphatic heterocycles. The molecule has 2 aromatic rings. The van der Waals surface area contributed by atoms with Crippen LogP contribution < -0.4 is 5.32 Å². The molecule has 0 unspecified atom stereocenters. The molecule has 2 aromatic carbocycles. The van der Waals surface area contributed by atoms with Crippen LogP contribution in [0.15, 0.2) is 36.4 Å². The first-order chi connectivity index (χ1) is 10.1. The van der Waals surface area contributed by atoms with Crippen molar-refractivity contribution in [3.63, 3.8) is 0 Å². The number of hydrogen-bond acceptors (Lipinski definition) is 2. The summed E-state index contributed by atoms with van der Waals surface area (Å²) in [5.74, 6) is -1.44. The van der Waals surface area contributed by atoms with Gasteiger partial charge in [-0.1, -0.05) is 6.07 Å². The Morgan fingerprint density at radius 1 is 1.14 bits per heavy atom. The van der Waals surface area contributed by atoms with Crippen molar-refractivity contribution >= 4 is 11.7 Å². The topological polar surface area (TPSA) is 49.3 Å². The van der Waals surface area contributed by atoms with Crippen LogP contribution in [0, 0.1) is 5.82 Å². The number of hydrogen-bond donors (Lipinski definition) is 2. The van der Waals surface area contributed by atoms with Crippen LogP contribution in [0.5, 0.6) is 0 Å². The third-order valence-electron chi connectivity index (χ3n) is 3.87. The lowest BCUT2D eigenvalue weighted by Gasteiger charge is -2.10. The van der Waals surface area contributed by atoms with Gasteiger partial charge in [0.1, 0.15) is 5.82 Å². The van der Waals surface area contributed by atoms with E-state index in [-0.39, 0.29) is 12.1 Å². The number of benzene rings is 2. The molecule has 0 atom stereocenters. The van der Waals surface area contributed by atoms with Gasteiger partial charge in [0.25, 0.3) is 0 Å². The van der Waals surface area contributed by atoms with E-state index in [9.17, 15) is 9.18 Å². The van der Waals surface area contributed by atoms with Gasteiger partial charge < -0.3 is 10.4 Å². The van der Waals surface area contributed by atoms with Gasteiger partial charge >= 0.3 is 5.97 Å². The zero-order chi connectivity index (χ0) is 14.8. The second-order valence-electron chi connectivity index (χ2n) is 5.30. The molecule has 3 nitrogen and oxygen atoms in total. The maximum Gasteiger partial charge on any atom is 0.335 e. The van der Waals surface area contributed by atoms with Crippen molar-refractivity contribution < 1.29 is 14.3 Å². The Morgan fingerprint density at radius 2 is 1.95 bits per heavy atom. The normalized spacial score (nSPS) is 13.0. The fraction of sp³-hybridized carbons (Fsp3) is 0.235. The highest BCUT2D eigenvalue weighted by atomic mass is 19.1. The van der Waals surface area contributed by atoms with Crippen molar-refractivity contribution in [3.05, 3.63) is 64.5 Å². The Bertz CT molecular complexity index is 697. The first-order valence-electron chi connectivity index (χ1n) is 7.01. The number of rotatable bonds is 4. The molecule has 0 saturated carbocycles. The standard InChI is InChI=1S/C17H16FNO2/c18-16-7-5-13(17(20)21)8-14(16)10-19-15-6-4-11-2-1-3-12(11)9-15/h4-9,19H,1-3,10H2,(H,20,21). The number of carboxylic acids is 1. The van der Waals surface area contributed by atoms with E-state index in [4.69, 9.17) is 5.11 Å². The molecule has 0 spiro atoms. The monoisotopic (exact) mass is 285 g/mol. The van der Waals surface area contributed by atoms with Crippen LogP contribution in [-0.4, -0.2) is 11.1 Å². The zero-order valence-corrected chi connectivity index (χ0v) is 11.5. The lowest BCUT2D eigenvalue weighted by Crippen LogP contribution is -2.05. The number of carboxylic acid groups (broad SMARTS) is 1. The van der Waals surface area contributed by atoms with Crippen LogP contribution in [-0.2, 0) is 19.4 Å². The fourth-order valence-electron chi connectivity index (χ4n) is 2.72. The lowest BCUT2D eigenvalue weighted by atomic mass is 10.1. The molecule has 0 heterocycles. The first kappa shape index (κ1) is 13.6. The number of nitrogens with one attached hydrogen (secondary N) is 1. The molecule has 0 saturated heterocycles. The average molecular weight is 285 g/mol. The molecule has 3 rings (SSSR count). The largest absolute Gasteiger partial charge is 0.478 e. The summed E-state index contributed by atoms with van der Waals surface area (Å²) in [4.78, 5) is 10.9.